The molecule has 0 radical (unpaired) electrons. The highest BCUT2D eigenvalue weighted by molar-refractivity contribution is 5.87. The standard InChI is InChI=1S/C22H21N3O3/c1-15(2)21-23-24-22(28-21)19-12-17-10-6-7-11-18(17)25(19)13-20(26)27-14-16-8-4-3-5-9-16/h3-12,15H,13-14H2,1-2H3. The van der Waals surface area contributed by atoms with Crippen LogP contribution in [0.2, 0.25) is 0 Å². The zero-order chi connectivity index (χ0) is 19.5. The van der Waals surface area contributed by atoms with Gasteiger partial charge < -0.3 is 13.7 Å². The predicted octanol–water partition coefficient (Wildman–Crippen LogP) is 4.56. The molecule has 0 saturated heterocycles. The van der Waals surface area contributed by atoms with Gasteiger partial charge in [0.05, 0.1) is 0 Å². The van der Waals surface area contributed by atoms with E-state index in [1.165, 1.54) is 0 Å². The van der Waals surface area contributed by atoms with E-state index in [0.29, 0.717) is 17.5 Å². The molecule has 0 aliphatic carbocycles. The van der Waals surface area contributed by atoms with Gasteiger partial charge in [0.2, 0.25) is 5.89 Å². The summed E-state index contributed by atoms with van der Waals surface area (Å²) in [6.07, 6.45) is 0. The Morgan fingerprint density at radius 1 is 1.07 bits per heavy atom. The Kier molecular flexibility index (Phi) is 4.93. The molecule has 0 aliphatic rings. The molecule has 0 unspecified atom stereocenters. The van der Waals surface area contributed by atoms with Crippen LogP contribution in [0, 0.1) is 0 Å². The van der Waals surface area contributed by atoms with Crippen molar-refractivity contribution in [1.82, 2.24) is 14.8 Å². The van der Waals surface area contributed by atoms with Gasteiger partial charge in [0.15, 0.2) is 0 Å². The zero-order valence-electron chi connectivity index (χ0n) is 15.8. The molecule has 2 aromatic heterocycles. The molecule has 4 aromatic rings. The predicted molar refractivity (Wildman–Crippen MR) is 106 cm³/mol. The molecule has 4 rings (SSSR count). The van der Waals surface area contributed by atoms with E-state index in [9.17, 15) is 4.79 Å². The molecular weight excluding hydrogens is 354 g/mol. The molecule has 0 atom stereocenters. The van der Waals surface area contributed by atoms with Crippen molar-refractivity contribution in [2.45, 2.75) is 32.9 Å². The average Bonchev–Trinajstić information content (AvgIpc) is 3.33. The number of carbonyl (C=O) groups is 1. The highest BCUT2D eigenvalue weighted by atomic mass is 16.5. The van der Waals surface area contributed by atoms with Gasteiger partial charge in [-0.3, -0.25) is 4.79 Å². The lowest BCUT2D eigenvalue weighted by Crippen LogP contribution is -2.14. The van der Waals surface area contributed by atoms with E-state index >= 15 is 0 Å². The second-order valence-corrected chi connectivity index (χ2v) is 6.92. The fourth-order valence-corrected chi connectivity index (χ4v) is 3.04. The van der Waals surface area contributed by atoms with Gasteiger partial charge >= 0.3 is 5.97 Å². The Morgan fingerprint density at radius 3 is 2.57 bits per heavy atom. The van der Waals surface area contributed by atoms with Crippen LogP contribution in [0.4, 0.5) is 0 Å². The Morgan fingerprint density at radius 2 is 1.82 bits per heavy atom. The van der Waals surface area contributed by atoms with Crippen molar-refractivity contribution in [1.29, 1.82) is 0 Å². The van der Waals surface area contributed by atoms with Gasteiger partial charge in [0, 0.05) is 16.8 Å². The van der Waals surface area contributed by atoms with Crippen molar-refractivity contribution in [3.63, 3.8) is 0 Å². The maximum absolute atomic E-state index is 12.5. The van der Waals surface area contributed by atoms with E-state index in [1.807, 2.05) is 79.1 Å². The molecular formula is C22H21N3O3. The van der Waals surface area contributed by atoms with Gasteiger partial charge in [-0.25, -0.2) is 0 Å². The quantitative estimate of drug-likeness (QED) is 0.462. The first-order valence-electron chi connectivity index (χ1n) is 9.23. The van der Waals surface area contributed by atoms with Gasteiger partial charge in [-0.15, -0.1) is 10.2 Å². The van der Waals surface area contributed by atoms with Crippen molar-refractivity contribution in [3.8, 4) is 11.6 Å². The largest absolute Gasteiger partial charge is 0.459 e. The van der Waals surface area contributed by atoms with Crippen LogP contribution in [0.15, 0.2) is 65.1 Å². The van der Waals surface area contributed by atoms with E-state index in [1.54, 1.807) is 0 Å². The number of fused-ring (bicyclic) bond motifs is 1. The van der Waals surface area contributed by atoms with Gasteiger partial charge in [0.25, 0.3) is 5.89 Å². The number of para-hydroxylation sites is 1. The Balaban J connectivity index is 1.62. The van der Waals surface area contributed by atoms with Crippen molar-refractivity contribution in [2.75, 3.05) is 0 Å². The third-order valence-corrected chi connectivity index (χ3v) is 4.49. The van der Waals surface area contributed by atoms with Crippen molar-refractivity contribution in [2.24, 2.45) is 0 Å². The third kappa shape index (κ3) is 3.67. The van der Waals surface area contributed by atoms with Gasteiger partial charge in [-0.05, 0) is 17.7 Å². The number of hydrogen-bond donors (Lipinski definition) is 0. The maximum atomic E-state index is 12.5. The van der Waals surface area contributed by atoms with Crippen LogP contribution >= 0.6 is 0 Å². The Hall–Kier alpha value is -3.41. The van der Waals surface area contributed by atoms with Crippen LogP contribution in [0.25, 0.3) is 22.5 Å². The number of carbonyl (C=O) groups excluding carboxylic acids is 1. The van der Waals surface area contributed by atoms with E-state index in [4.69, 9.17) is 9.15 Å². The highest BCUT2D eigenvalue weighted by Crippen LogP contribution is 2.28. The molecule has 0 amide bonds. The number of hydrogen-bond acceptors (Lipinski definition) is 5. The second kappa shape index (κ2) is 7.68. The summed E-state index contributed by atoms with van der Waals surface area (Å²) in [4.78, 5) is 12.5. The van der Waals surface area contributed by atoms with Crippen molar-refractivity contribution < 1.29 is 13.9 Å². The smallest absolute Gasteiger partial charge is 0.326 e. The minimum Gasteiger partial charge on any atom is -0.459 e. The molecule has 6 heteroatoms. The van der Waals surface area contributed by atoms with Gasteiger partial charge in [-0.1, -0.05) is 62.4 Å². The molecule has 0 N–H and O–H groups in total. The van der Waals surface area contributed by atoms with Crippen LogP contribution in [-0.2, 0) is 22.7 Å². The van der Waals surface area contributed by atoms with E-state index < -0.39 is 0 Å². The molecule has 0 spiro atoms. The molecule has 2 aromatic carbocycles. The first-order chi connectivity index (χ1) is 13.6. The number of aromatic nitrogens is 3. The molecule has 6 nitrogen and oxygen atoms in total. The molecule has 0 fully saturated rings. The van der Waals surface area contributed by atoms with Gasteiger partial charge in [0.1, 0.15) is 18.8 Å². The molecule has 142 valence electrons. The average molecular weight is 375 g/mol. The summed E-state index contributed by atoms with van der Waals surface area (Å²) in [6, 6.07) is 19.4. The molecule has 28 heavy (non-hydrogen) atoms. The van der Waals surface area contributed by atoms with E-state index in [0.717, 1.165) is 16.5 Å². The fraction of sp³-hybridized carbons (Fsp3) is 0.227. The van der Waals surface area contributed by atoms with Crippen LogP contribution in [-0.4, -0.2) is 20.7 Å². The highest BCUT2D eigenvalue weighted by Gasteiger charge is 2.19. The summed E-state index contributed by atoms with van der Waals surface area (Å²) in [6.45, 7) is 4.29. The fourth-order valence-electron chi connectivity index (χ4n) is 3.04. The van der Waals surface area contributed by atoms with Crippen LogP contribution < -0.4 is 0 Å². The first-order valence-corrected chi connectivity index (χ1v) is 9.23. The summed E-state index contributed by atoms with van der Waals surface area (Å²) in [7, 11) is 0. The lowest BCUT2D eigenvalue weighted by Gasteiger charge is -2.09. The molecule has 0 bridgehead atoms. The zero-order valence-corrected chi connectivity index (χ0v) is 15.8. The van der Waals surface area contributed by atoms with E-state index in [-0.39, 0.29) is 25.0 Å². The summed E-state index contributed by atoms with van der Waals surface area (Å²) in [5.41, 5.74) is 2.57. The number of esters is 1. The maximum Gasteiger partial charge on any atom is 0.326 e. The summed E-state index contributed by atoms with van der Waals surface area (Å²) < 4.78 is 13.1. The summed E-state index contributed by atoms with van der Waals surface area (Å²) in [5, 5.41) is 9.29. The lowest BCUT2D eigenvalue weighted by molar-refractivity contribution is -0.145. The Bertz CT molecular complexity index is 1100. The molecule has 0 aliphatic heterocycles. The van der Waals surface area contributed by atoms with Crippen LogP contribution in [0.5, 0.6) is 0 Å². The minimum atomic E-state index is -0.324. The van der Waals surface area contributed by atoms with Crippen LogP contribution in [0.1, 0.15) is 31.2 Å². The molecule has 2 heterocycles. The van der Waals surface area contributed by atoms with Crippen molar-refractivity contribution >= 4 is 16.9 Å². The number of rotatable bonds is 6. The third-order valence-electron chi connectivity index (χ3n) is 4.49. The topological polar surface area (TPSA) is 70.2 Å². The van der Waals surface area contributed by atoms with Gasteiger partial charge in [-0.2, -0.15) is 0 Å². The Labute approximate surface area is 162 Å². The molecule has 0 saturated carbocycles. The lowest BCUT2D eigenvalue weighted by atomic mass is 10.2. The summed E-state index contributed by atoms with van der Waals surface area (Å²) >= 11 is 0. The number of ether oxygens (including phenoxy) is 1. The number of nitrogens with zero attached hydrogens (tertiary/aromatic N) is 3. The first kappa shape index (κ1) is 18.0. The van der Waals surface area contributed by atoms with Crippen LogP contribution in [0.3, 0.4) is 0 Å². The minimum absolute atomic E-state index is 0.0646. The van der Waals surface area contributed by atoms with Crippen molar-refractivity contribution in [3.05, 3.63) is 72.1 Å². The second-order valence-electron chi connectivity index (χ2n) is 6.92. The normalized spacial score (nSPS) is 11.2. The van der Waals surface area contributed by atoms with E-state index in [2.05, 4.69) is 10.2 Å². The summed E-state index contributed by atoms with van der Waals surface area (Å²) in [5.74, 6) is 0.777. The monoisotopic (exact) mass is 375 g/mol. The SMILES string of the molecule is CC(C)c1nnc(-c2cc3ccccc3n2CC(=O)OCc2ccccc2)o1. The number of benzene rings is 2.